The molecule has 1 N–H and O–H groups in total. The molecule has 2 heterocycles. The quantitative estimate of drug-likeness (QED) is 0.329. The minimum atomic E-state index is -0.840. The molecule has 1 amide bonds. The summed E-state index contributed by atoms with van der Waals surface area (Å²) in [6.07, 6.45) is 0. The standard InChI is InChI=1S/C26H29NO8/c1-4-32-18-8-6-16(14-20(18)33-5-2)23-22(25(29)26(30)27(23)10-11-31-3)24(28)17-7-9-19-21(15-17)35-13-12-34-19/h6-9,14-15,23,28H,4-5,10-13H2,1-3H3/b24-22+. The fourth-order valence-corrected chi connectivity index (χ4v) is 4.23. The van der Waals surface area contributed by atoms with Crippen molar-refractivity contribution < 1.29 is 38.4 Å². The third-order valence-corrected chi connectivity index (χ3v) is 5.78. The Labute approximate surface area is 203 Å². The van der Waals surface area contributed by atoms with E-state index in [4.69, 9.17) is 23.7 Å². The van der Waals surface area contributed by atoms with Crippen LogP contribution in [0.3, 0.4) is 0 Å². The number of hydrogen-bond donors (Lipinski definition) is 1. The number of carbonyl (C=O) groups excluding carboxylic acids is 2. The molecule has 1 unspecified atom stereocenters. The van der Waals surface area contributed by atoms with Crippen LogP contribution in [0.5, 0.6) is 23.0 Å². The lowest BCUT2D eigenvalue weighted by atomic mass is 9.94. The Bertz CT molecular complexity index is 1140. The smallest absolute Gasteiger partial charge is 0.295 e. The number of aliphatic hydroxyl groups is 1. The predicted molar refractivity (Wildman–Crippen MR) is 127 cm³/mol. The molecule has 0 saturated carbocycles. The topological polar surface area (TPSA) is 104 Å². The lowest BCUT2D eigenvalue weighted by Gasteiger charge is -2.26. The molecule has 9 heteroatoms. The van der Waals surface area contributed by atoms with Crippen LogP contribution in [0, 0.1) is 0 Å². The zero-order valence-corrected chi connectivity index (χ0v) is 20.0. The number of methoxy groups -OCH3 is 1. The molecule has 0 spiro atoms. The van der Waals surface area contributed by atoms with Crippen molar-refractivity contribution in [2.45, 2.75) is 19.9 Å². The van der Waals surface area contributed by atoms with E-state index in [1.807, 2.05) is 13.8 Å². The fraction of sp³-hybridized carbons (Fsp3) is 0.385. The lowest BCUT2D eigenvalue weighted by molar-refractivity contribution is -0.140. The molecule has 1 atom stereocenters. The fourth-order valence-electron chi connectivity index (χ4n) is 4.23. The van der Waals surface area contributed by atoms with Crippen LogP contribution in [-0.4, -0.2) is 68.4 Å². The molecule has 35 heavy (non-hydrogen) atoms. The molecule has 0 radical (unpaired) electrons. The Morgan fingerprint density at radius 1 is 1.00 bits per heavy atom. The number of ether oxygens (including phenoxy) is 5. The highest BCUT2D eigenvalue weighted by atomic mass is 16.6. The van der Waals surface area contributed by atoms with Gasteiger partial charge in [-0.05, 0) is 49.7 Å². The van der Waals surface area contributed by atoms with E-state index in [0.717, 1.165) is 0 Å². The van der Waals surface area contributed by atoms with Crippen LogP contribution in [0.25, 0.3) is 5.76 Å². The molecule has 0 aromatic heterocycles. The number of hydrogen-bond acceptors (Lipinski definition) is 8. The van der Waals surface area contributed by atoms with Gasteiger partial charge >= 0.3 is 0 Å². The number of carbonyl (C=O) groups is 2. The monoisotopic (exact) mass is 483 g/mol. The highest BCUT2D eigenvalue weighted by Crippen LogP contribution is 2.43. The van der Waals surface area contributed by atoms with E-state index in [9.17, 15) is 14.7 Å². The Kier molecular flexibility index (Phi) is 7.45. The Morgan fingerprint density at radius 3 is 2.43 bits per heavy atom. The Hall–Kier alpha value is -3.72. The zero-order chi connectivity index (χ0) is 24.9. The van der Waals surface area contributed by atoms with Crippen LogP contribution in [0.15, 0.2) is 42.0 Å². The third-order valence-electron chi connectivity index (χ3n) is 5.78. The molecule has 2 aromatic rings. The first-order valence-corrected chi connectivity index (χ1v) is 11.6. The SMILES string of the molecule is CCOc1ccc(C2/C(=C(\O)c3ccc4c(c3)OCCO4)C(=O)C(=O)N2CCOC)cc1OCC. The van der Waals surface area contributed by atoms with Crippen LogP contribution in [0.4, 0.5) is 0 Å². The number of likely N-dealkylation sites (tertiary alicyclic amines) is 1. The number of aliphatic hydroxyl groups excluding tert-OH is 1. The molecule has 0 bridgehead atoms. The number of Topliss-reactive ketones (excluding diaryl/α,β-unsaturated/α-hetero) is 1. The maximum absolute atomic E-state index is 13.2. The van der Waals surface area contributed by atoms with Crippen LogP contribution >= 0.6 is 0 Å². The van der Waals surface area contributed by atoms with Crippen molar-refractivity contribution in [2.75, 3.05) is 46.7 Å². The molecule has 2 aliphatic heterocycles. The zero-order valence-electron chi connectivity index (χ0n) is 20.0. The van der Waals surface area contributed by atoms with Gasteiger partial charge in [0.1, 0.15) is 19.0 Å². The van der Waals surface area contributed by atoms with Crippen molar-refractivity contribution >= 4 is 17.4 Å². The van der Waals surface area contributed by atoms with Gasteiger partial charge in [-0.1, -0.05) is 6.07 Å². The predicted octanol–water partition coefficient (Wildman–Crippen LogP) is 3.32. The number of fused-ring (bicyclic) bond motifs is 1. The van der Waals surface area contributed by atoms with Gasteiger partial charge in [-0.25, -0.2) is 0 Å². The van der Waals surface area contributed by atoms with Crippen molar-refractivity contribution in [1.29, 1.82) is 0 Å². The summed E-state index contributed by atoms with van der Waals surface area (Å²) in [4.78, 5) is 27.6. The second-order valence-electron chi connectivity index (χ2n) is 7.92. The van der Waals surface area contributed by atoms with Crippen molar-refractivity contribution in [3.05, 3.63) is 53.1 Å². The van der Waals surface area contributed by atoms with Gasteiger partial charge in [0.05, 0.1) is 31.4 Å². The van der Waals surface area contributed by atoms with Gasteiger partial charge in [0.15, 0.2) is 23.0 Å². The first-order chi connectivity index (χ1) is 17.0. The highest BCUT2D eigenvalue weighted by Gasteiger charge is 2.46. The lowest BCUT2D eigenvalue weighted by Crippen LogP contribution is -2.32. The Morgan fingerprint density at radius 2 is 1.71 bits per heavy atom. The third kappa shape index (κ3) is 4.77. The van der Waals surface area contributed by atoms with Gasteiger partial charge in [0, 0.05) is 19.2 Å². The largest absolute Gasteiger partial charge is 0.507 e. The number of benzene rings is 2. The average Bonchev–Trinajstić information content (AvgIpc) is 3.13. The summed E-state index contributed by atoms with van der Waals surface area (Å²) in [5, 5.41) is 11.3. The van der Waals surface area contributed by atoms with E-state index in [1.54, 1.807) is 36.4 Å². The molecule has 4 rings (SSSR count). The minimum Gasteiger partial charge on any atom is -0.507 e. The summed E-state index contributed by atoms with van der Waals surface area (Å²) in [5.41, 5.74) is 0.931. The van der Waals surface area contributed by atoms with E-state index in [2.05, 4.69) is 0 Å². The van der Waals surface area contributed by atoms with Crippen LogP contribution < -0.4 is 18.9 Å². The summed E-state index contributed by atoms with van der Waals surface area (Å²) in [7, 11) is 1.52. The number of nitrogens with zero attached hydrogens (tertiary/aromatic N) is 1. The van der Waals surface area contributed by atoms with Gasteiger partial charge in [0.2, 0.25) is 0 Å². The van der Waals surface area contributed by atoms with Crippen molar-refractivity contribution in [1.82, 2.24) is 4.90 Å². The van der Waals surface area contributed by atoms with E-state index < -0.39 is 17.7 Å². The molecule has 2 aliphatic rings. The van der Waals surface area contributed by atoms with Gasteiger partial charge < -0.3 is 33.7 Å². The van der Waals surface area contributed by atoms with Crippen LogP contribution in [0.2, 0.25) is 0 Å². The van der Waals surface area contributed by atoms with Crippen LogP contribution in [-0.2, 0) is 14.3 Å². The molecule has 1 saturated heterocycles. The maximum atomic E-state index is 13.2. The molecule has 1 fully saturated rings. The van der Waals surface area contributed by atoms with Gasteiger partial charge in [0.25, 0.3) is 11.7 Å². The summed E-state index contributed by atoms with van der Waals surface area (Å²) < 4.78 is 27.8. The van der Waals surface area contributed by atoms with E-state index in [-0.39, 0.29) is 24.5 Å². The molecule has 0 aliphatic carbocycles. The van der Waals surface area contributed by atoms with Crippen molar-refractivity contribution in [3.8, 4) is 23.0 Å². The molecule has 9 nitrogen and oxygen atoms in total. The van der Waals surface area contributed by atoms with Gasteiger partial charge in [-0.3, -0.25) is 9.59 Å². The van der Waals surface area contributed by atoms with E-state index in [1.165, 1.54) is 12.0 Å². The Balaban J connectivity index is 1.84. The number of amides is 1. The van der Waals surface area contributed by atoms with Crippen LogP contribution in [0.1, 0.15) is 31.0 Å². The first kappa shape index (κ1) is 24.4. The molecular weight excluding hydrogens is 454 g/mol. The summed E-state index contributed by atoms with van der Waals surface area (Å²) >= 11 is 0. The molecular formula is C26H29NO8. The van der Waals surface area contributed by atoms with E-state index in [0.29, 0.717) is 60.6 Å². The van der Waals surface area contributed by atoms with Crippen molar-refractivity contribution in [2.24, 2.45) is 0 Å². The highest BCUT2D eigenvalue weighted by molar-refractivity contribution is 6.46. The van der Waals surface area contributed by atoms with Crippen molar-refractivity contribution in [3.63, 3.8) is 0 Å². The second-order valence-corrected chi connectivity index (χ2v) is 7.92. The first-order valence-electron chi connectivity index (χ1n) is 11.6. The number of rotatable bonds is 9. The van der Waals surface area contributed by atoms with Gasteiger partial charge in [-0.15, -0.1) is 0 Å². The summed E-state index contributed by atoms with van der Waals surface area (Å²) in [5.74, 6) is 0.283. The normalized spacial score (nSPS) is 18.6. The second kappa shape index (κ2) is 10.7. The number of ketones is 1. The summed E-state index contributed by atoms with van der Waals surface area (Å²) in [6, 6.07) is 9.31. The average molecular weight is 484 g/mol. The minimum absolute atomic E-state index is 0.0191. The summed E-state index contributed by atoms with van der Waals surface area (Å²) in [6.45, 7) is 5.80. The molecule has 186 valence electrons. The van der Waals surface area contributed by atoms with Gasteiger partial charge in [-0.2, -0.15) is 0 Å². The maximum Gasteiger partial charge on any atom is 0.295 e. The molecule has 2 aromatic carbocycles. The van der Waals surface area contributed by atoms with E-state index >= 15 is 0 Å².